The lowest BCUT2D eigenvalue weighted by Gasteiger charge is -2.21. The Morgan fingerprint density at radius 2 is 2.29 bits per heavy atom. The van der Waals surface area contributed by atoms with E-state index in [-0.39, 0.29) is 17.9 Å². The molecule has 2 unspecified atom stereocenters. The van der Waals surface area contributed by atoms with E-state index in [2.05, 4.69) is 12.2 Å². The van der Waals surface area contributed by atoms with Gasteiger partial charge >= 0.3 is 0 Å². The Balaban J connectivity index is 1.94. The van der Waals surface area contributed by atoms with E-state index >= 15 is 0 Å². The number of carbonyl (C=O) groups excluding carboxylic acids is 1. The summed E-state index contributed by atoms with van der Waals surface area (Å²) in [5.74, 6) is 0.777. The lowest BCUT2D eigenvalue weighted by atomic mass is 9.97. The molecule has 1 amide bonds. The summed E-state index contributed by atoms with van der Waals surface area (Å²) in [7, 11) is 0. The number of carbonyl (C=O) groups is 1. The molecular formula is C10H18N2O2. The Bertz CT molecular complexity index is 232. The third-order valence-corrected chi connectivity index (χ3v) is 3.31. The van der Waals surface area contributed by atoms with E-state index < -0.39 is 0 Å². The molecule has 0 radical (unpaired) electrons. The quantitative estimate of drug-likeness (QED) is 0.593. The minimum absolute atomic E-state index is 0.125. The van der Waals surface area contributed by atoms with Crippen LogP contribution in [0.5, 0.6) is 0 Å². The number of nitrogens with zero attached hydrogens (tertiary/aromatic N) is 1. The third-order valence-electron chi connectivity index (χ3n) is 3.31. The van der Waals surface area contributed by atoms with Crippen LogP contribution in [0.3, 0.4) is 0 Å². The van der Waals surface area contributed by atoms with E-state index in [4.69, 9.17) is 0 Å². The highest BCUT2D eigenvalue weighted by Crippen LogP contribution is 2.21. The number of amides is 1. The number of aliphatic hydroxyl groups excluding tert-OH is 1. The Morgan fingerprint density at radius 3 is 2.79 bits per heavy atom. The molecule has 2 fully saturated rings. The highest BCUT2D eigenvalue weighted by molar-refractivity contribution is 5.80. The second-order valence-corrected chi connectivity index (χ2v) is 4.47. The number of rotatable bonds is 1. The van der Waals surface area contributed by atoms with Crippen molar-refractivity contribution in [1.82, 2.24) is 10.2 Å². The second kappa shape index (κ2) is 3.87. The predicted molar refractivity (Wildman–Crippen MR) is 52.7 cm³/mol. The fourth-order valence-corrected chi connectivity index (χ4v) is 2.32. The van der Waals surface area contributed by atoms with Crippen LogP contribution in [0.2, 0.25) is 0 Å². The van der Waals surface area contributed by atoms with Gasteiger partial charge in [0.2, 0.25) is 5.91 Å². The summed E-state index contributed by atoms with van der Waals surface area (Å²) in [6.07, 6.45) is 0.434. The minimum Gasteiger partial charge on any atom is -0.391 e. The lowest BCUT2D eigenvalue weighted by Crippen LogP contribution is -2.37. The van der Waals surface area contributed by atoms with Crippen LogP contribution in [0, 0.1) is 11.8 Å². The maximum atomic E-state index is 12.0. The second-order valence-electron chi connectivity index (χ2n) is 4.47. The molecule has 0 aliphatic carbocycles. The molecule has 14 heavy (non-hydrogen) atoms. The fourth-order valence-electron chi connectivity index (χ4n) is 2.32. The van der Waals surface area contributed by atoms with Gasteiger partial charge in [-0.15, -0.1) is 0 Å². The molecule has 0 saturated carbocycles. The topological polar surface area (TPSA) is 52.6 Å². The molecule has 3 atom stereocenters. The fraction of sp³-hybridized carbons (Fsp3) is 0.900. The largest absolute Gasteiger partial charge is 0.391 e. The smallest absolute Gasteiger partial charge is 0.227 e. The van der Waals surface area contributed by atoms with Crippen molar-refractivity contribution in [3.05, 3.63) is 0 Å². The molecule has 4 nitrogen and oxygen atoms in total. The molecule has 2 aliphatic heterocycles. The Kier molecular flexibility index (Phi) is 2.74. The van der Waals surface area contributed by atoms with Gasteiger partial charge in [-0.25, -0.2) is 0 Å². The Hall–Kier alpha value is -0.610. The summed E-state index contributed by atoms with van der Waals surface area (Å²) in [5, 5.41) is 12.6. The number of nitrogens with one attached hydrogen (secondary N) is 1. The lowest BCUT2D eigenvalue weighted by molar-refractivity contribution is -0.135. The van der Waals surface area contributed by atoms with Crippen molar-refractivity contribution in [2.45, 2.75) is 19.4 Å². The van der Waals surface area contributed by atoms with Crippen molar-refractivity contribution in [3.63, 3.8) is 0 Å². The molecule has 2 aliphatic rings. The van der Waals surface area contributed by atoms with Crippen molar-refractivity contribution < 1.29 is 9.90 Å². The number of likely N-dealkylation sites (tertiary alicyclic amines) is 1. The van der Waals surface area contributed by atoms with Crippen molar-refractivity contribution >= 4 is 5.91 Å². The van der Waals surface area contributed by atoms with Crippen molar-refractivity contribution in [3.8, 4) is 0 Å². The van der Waals surface area contributed by atoms with Crippen molar-refractivity contribution in [1.29, 1.82) is 0 Å². The minimum atomic E-state index is -0.302. The standard InChI is InChI=1S/C10H18N2O2/c1-7-4-11-5-9(7)10(14)12-3-2-8(13)6-12/h7-9,11,13H,2-6H2,1H3/t7?,8-,9?/m0/s1. The summed E-state index contributed by atoms with van der Waals surface area (Å²) < 4.78 is 0. The van der Waals surface area contributed by atoms with Gasteiger partial charge in [0.25, 0.3) is 0 Å². The van der Waals surface area contributed by atoms with E-state index in [1.54, 1.807) is 4.90 Å². The molecule has 0 spiro atoms. The number of β-amino-alcohol motifs (C(OH)–C–C–N with tert-alkyl or cyclic N) is 1. The van der Waals surface area contributed by atoms with E-state index in [0.717, 1.165) is 26.1 Å². The van der Waals surface area contributed by atoms with E-state index in [0.29, 0.717) is 12.5 Å². The highest BCUT2D eigenvalue weighted by Gasteiger charge is 2.35. The summed E-state index contributed by atoms with van der Waals surface area (Å²) >= 11 is 0. The van der Waals surface area contributed by atoms with Crippen molar-refractivity contribution in [2.24, 2.45) is 11.8 Å². The van der Waals surface area contributed by atoms with Crippen molar-refractivity contribution in [2.75, 3.05) is 26.2 Å². The highest BCUT2D eigenvalue weighted by atomic mass is 16.3. The molecule has 80 valence electrons. The average Bonchev–Trinajstić information content (AvgIpc) is 2.73. The molecule has 0 aromatic heterocycles. The predicted octanol–water partition coefficient (Wildman–Crippen LogP) is -0.565. The maximum Gasteiger partial charge on any atom is 0.227 e. The van der Waals surface area contributed by atoms with Crippen LogP contribution >= 0.6 is 0 Å². The van der Waals surface area contributed by atoms with Gasteiger partial charge in [-0.3, -0.25) is 4.79 Å². The first-order chi connectivity index (χ1) is 6.68. The average molecular weight is 198 g/mol. The summed E-state index contributed by atoms with van der Waals surface area (Å²) in [5.41, 5.74) is 0. The molecule has 0 bridgehead atoms. The van der Waals surface area contributed by atoms with Gasteiger partial charge in [0.05, 0.1) is 12.0 Å². The zero-order valence-corrected chi connectivity index (χ0v) is 8.57. The van der Waals surface area contributed by atoms with E-state index in [9.17, 15) is 9.90 Å². The van der Waals surface area contributed by atoms with Gasteiger partial charge in [0, 0.05) is 19.6 Å². The van der Waals surface area contributed by atoms with Crippen LogP contribution in [-0.2, 0) is 4.79 Å². The number of aliphatic hydroxyl groups is 1. The van der Waals surface area contributed by atoms with Crippen LogP contribution in [0.15, 0.2) is 0 Å². The zero-order chi connectivity index (χ0) is 10.1. The first kappa shape index (κ1) is 9.93. The monoisotopic (exact) mass is 198 g/mol. The van der Waals surface area contributed by atoms with E-state index in [1.165, 1.54) is 0 Å². The Morgan fingerprint density at radius 1 is 1.50 bits per heavy atom. The third kappa shape index (κ3) is 1.77. The van der Waals surface area contributed by atoms with Gasteiger partial charge < -0.3 is 15.3 Å². The molecule has 0 aromatic rings. The van der Waals surface area contributed by atoms with Crippen LogP contribution in [0.25, 0.3) is 0 Å². The van der Waals surface area contributed by atoms with Gasteiger partial charge in [-0.05, 0) is 18.9 Å². The molecular weight excluding hydrogens is 180 g/mol. The summed E-state index contributed by atoms with van der Waals surface area (Å²) in [6, 6.07) is 0. The SMILES string of the molecule is CC1CNCC1C(=O)N1CC[C@H](O)C1. The first-order valence-electron chi connectivity index (χ1n) is 5.36. The van der Waals surface area contributed by atoms with Gasteiger partial charge in [-0.1, -0.05) is 6.92 Å². The normalized spacial score (nSPS) is 37.9. The van der Waals surface area contributed by atoms with Crippen LogP contribution in [0.1, 0.15) is 13.3 Å². The molecule has 2 heterocycles. The van der Waals surface area contributed by atoms with Gasteiger partial charge in [0.1, 0.15) is 0 Å². The van der Waals surface area contributed by atoms with Crippen LogP contribution < -0.4 is 5.32 Å². The van der Waals surface area contributed by atoms with Gasteiger partial charge in [-0.2, -0.15) is 0 Å². The summed E-state index contributed by atoms with van der Waals surface area (Å²) in [4.78, 5) is 13.8. The zero-order valence-electron chi connectivity index (χ0n) is 8.57. The van der Waals surface area contributed by atoms with Crippen LogP contribution in [-0.4, -0.2) is 48.2 Å². The number of hydrogen-bond donors (Lipinski definition) is 2. The molecule has 2 N–H and O–H groups in total. The first-order valence-corrected chi connectivity index (χ1v) is 5.36. The maximum absolute atomic E-state index is 12.0. The molecule has 0 aromatic carbocycles. The molecule has 2 rings (SSSR count). The van der Waals surface area contributed by atoms with Gasteiger partial charge in [0.15, 0.2) is 0 Å². The Labute approximate surface area is 84.3 Å². The molecule has 2 saturated heterocycles. The number of hydrogen-bond acceptors (Lipinski definition) is 3. The molecule has 4 heteroatoms. The van der Waals surface area contributed by atoms with E-state index in [1.807, 2.05) is 0 Å². The summed E-state index contributed by atoms with van der Waals surface area (Å²) in [6.45, 7) is 5.10. The van der Waals surface area contributed by atoms with Crippen LogP contribution in [0.4, 0.5) is 0 Å².